The Hall–Kier alpha value is -2.39. The highest BCUT2D eigenvalue weighted by atomic mass is 32.2. The summed E-state index contributed by atoms with van der Waals surface area (Å²) in [6.07, 6.45) is 3.93. The van der Waals surface area contributed by atoms with Crippen LogP contribution in [-0.4, -0.2) is 47.3 Å². The van der Waals surface area contributed by atoms with Crippen LogP contribution in [0.5, 0.6) is 0 Å². The number of carbonyl (C=O) groups is 2. The van der Waals surface area contributed by atoms with Crippen LogP contribution in [0.2, 0.25) is 0 Å². The molecule has 3 rings (SSSR count). The molecule has 2 aliphatic rings. The fourth-order valence-corrected chi connectivity index (χ4v) is 5.96. The fraction of sp³-hybridized carbons (Fsp3) is 0.545. The van der Waals surface area contributed by atoms with Crippen molar-refractivity contribution >= 4 is 21.8 Å². The summed E-state index contributed by atoms with van der Waals surface area (Å²) in [4.78, 5) is 25.4. The Morgan fingerprint density at radius 1 is 1.26 bits per heavy atom. The van der Waals surface area contributed by atoms with Crippen LogP contribution in [-0.2, 0) is 19.6 Å². The first-order chi connectivity index (χ1) is 14.3. The SMILES string of the molecule is Cc1ccc(S(=O)(=O)N2C=CNC(=O)[C@H]2CC(=O)NC2CCC(C)(O)CC2(C)C)cc1. The Kier molecular flexibility index (Phi) is 6.21. The monoisotopic (exact) mass is 449 g/mol. The first-order valence-electron chi connectivity index (χ1n) is 10.4. The number of carbonyl (C=O) groups excluding carboxylic acids is 2. The van der Waals surface area contributed by atoms with Crippen molar-refractivity contribution < 1.29 is 23.1 Å². The van der Waals surface area contributed by atoms with Gasteiger partial charge in [0.2, 0.25) is 11.8 Å². The molecule has 0 radical (unpaired) electrons. The van der Waals surface area contributed by atoms with Gasteiger partial charge in [-0.1, -0.05) is 31.5 Å². The number of aliphatic hydroxyl groups is 1. The van der Waals surface area contributed by atoms with E-state index in [1.807, 2.05) is 20.8 Å². The van der Waals surface area contributed by atoms with E-state index in [0.29, 0.717) is 19.3 Å². The van der Waals surface area contributed by atoms with Crippen molar-refractivity contribution in [3.63, 3.8) is 0 Å². The number of benzene rings is 1. The molecule has 0 aromatic heterocycles. The minimum atomic E-state index is -4.01. The van der Waals surface area contributed by atoms with Gasteiger partial charge >= 0.3 is 0 Å². The number of rotatable bonds is 5. The van der Waals surface area contributed by atoms with Gasteiger partial charge in [0.1, 0.15) is 6.04 Å². The molecular formula is C22H31N3O5S. The molecular weight excluding hydrogens is 418 g/mol. The summed E-state index contributed by atoms with van der Waals surface area (Å²) in [5.41, 5.74) is -0.201. The molecule has 1 aliphatic heterocycles. The Balaban J connectivity index is 1.77. The molecule has 170 valence electrons. The summed E-state index contributed by atoms with van der Waals surface area (Å²) in [6.45, 7) is 7.61. The highest BCUT2D eigenvalue weighted by Gasteiger charge is 2.43. The average molecular weight is 450 g/mol. The fourth-order valence-electron chi connectivity index (χ4n) is 4.51. The summed E-state index contributed by atoms with van der Waals surface area (Å²) in [7, 11) is -4.01. The lowest BCUT2D eigenvalue weighted by atomic mass is 9.67. The van der Waals surface area contributed by atoms with Crippen LogP contribution in [0.15, 0.2) is 41.6 Å². The number of amides is 2. The molecule has 31 heavy (non-hydrogen) atoms. The van der Waals surface area contributed by atoms with Crippen LogP contribution in [0.25, 0.3) is 0 Å². The van der Waals surface area contributed by atoms with E-state index in [9.17, 15) is 23.1 Å². The van der Waals surface area contributed by atoms with Crippen LogP contribution < -0.4 is 10.6 Å². The van der Waals surface area contributed by atoms with Gasteiger partial charge in [0.25, 0.3) is 10.0 Å². The lowest BCUT2D eigenvalue weighted by Gasteiger charge is -2.45. The van der Waals surface area contributed by atoms with Gasteiger partial charge in [0, 0.05) is 18.4 Å². The summed E-state index contributed by atoms with van der Waals surface area (Å²) >= 11 is 0. The van der Waals surface area contributed by atoms with E-state index in [0.717, 1.165) is 9.87 Å². The summed E-state index contributed by atoms with van der Waals surface area (Å²) in [5, 5.41) is 15.8. The topological polar surface area (TPSA) is 116 Å². The highest BCUT2D eigenvalue weighted by Crippen LogP contribution is 2.41. The van der Waals surface area contributed by atoms with Gasteiger partial charge in [-0.3, -0.25) is 13.9 Å². The second-order valence-corrected chi connectivity index (χ2v) is 11.4. The van der Waals surface area contributed by atoms with Crippen LogP contribution in [0.3, 0.4) is 0 Å². The Morgan fingerprint density at radius 3 is 2.52 bits per heavy atom. The number of sulfonamides is 1. The predicted octanol–water partition coefficient (Wildman–Crippen LogP) is 1.79. The molecule has 8 nitrogen and oxygen atoms in total. The molecule has 1 aromatic carbocycles. The first kappa shape index (κ1) is 23.3. The van der Waals surface area contributed by atoms with Crippen molar-refractivity contribution in [2.75, 3.05) is 0 Å². The molecule has 1 aliphatic carbocycles. The summed E-state index contributed by atoms with van der Waals surface area (Å²) in [6, 6.07) is 4.97. The third-order valence-corrected chi connectivity index (χ3v) is 7.92. The summed E-state index contributed by atoms with van der Waals surface area (Å²) in [5.74, 6) is -0.960. The van der Waals surface area contributed by atoms with Gasteiger partial charge in [-0.05, 0) is 50.7 Å². The van der Waals surface area contributed by atoms with E-state index in [2.05, 4.69) is 10.6 Å². The minimum absolute atomic E-state index is 0.0542. The predicted molar refractivity (Wildman–Crippen MR) is 116 cm³/mol. The molecule has 2 unspecified atom stereocenters. The molecule has 1 aromatic rings. The van der Waals surface area contributed by atoms with E-state index < -0.39 is 33.5 Å². The minimum Gasteiger partial charge on any atom is -0.390 e. The van der Waals surface area contributed by atoms with Crippen LogP contribution in [0.4, 0.5) is 0 Å². The molecule has 3 atom stereocenters. The van der Waals surface area contributed by atoms with E-state index >= 15 is 0 Å². The lowest BCUT2D eigenvalue weighted by molar-refractivity contribution is -0.131. The highest BCUT2D eigenvalue weighted by molar-refractivity contribution is 7.89. The van der Waals surface area contributed by atoms with Gasteiger partial charge in [-0.25, -0.2) is 8.42 Å². The van der Waals surface area contributed by atoms with E-state index in [1.54, 1.807) is 19.1 Å². The van der Waals surface area contributed by atoms with Gasteiger partial charge in [-0.15, -0.1) is 0 Å². The maximum Gasteiger partial charge on any atom is 0.264 e. The second kappa shape index (κ2) is 8.27. The van der Waals surface area contributed by atoms with Crippen molar-refractivity contribution in [3.8, 4) is 0 Å². The number of nitrogens with one attached hydrogen (secondary N) is 2. The number of nitrogens with zero attached hydrogens (tertiary/aromatic N) is 1. The molecule has 0 spiro atoms. The lowest BCUT2D eigenvalue weighted by Crippen LogP contribution is -2.55. The van der Waals surface area contributed by atoms with Crippen molar-refractivity contribution in [1.82, 2.24) is 14.9 Å². The third-order valence-electron chi connectivity index (χ3n) is 6.12. The van der Waals surface area contributed by atoms with Crippen LogP contribution in [0, 0.1) is 12.3 Å². The number of hydrogen-bond donors (Lipinski definition) is 3. The van der Waals surface area contributed by atoms with Gasteiger partial charge in [0.15, 0.2) is 0 Å². The molecule has 9 heteroatoms. The smallest absolute Gasteiger partial charge is 0.264 e. The molecule has 3 N–H and O–H groups in total. The molecule has 1 heterocycles. The van der Waals surface area contributed by atoms with Crippen molar-refractivity contribution in [3.05, 3.63) is 42.2 Å². The largest absolute Gasteiger partial charge is 0.390 e. The van der Waals surface area contributed by atoms with Crippen molar-refractivity contribution in [2.24, 2.45) is 5.41 Å². The molecule has 1 saturated carbocycles. The molecule has 1 fully saturated rings. The van der Waals surface area contributed by atoms with Crippen LogP contribution in [0.1, 0.15) is 52.0 Å². The Labute approximate surface area is 183 Å². The maximum atomic E-state index is 13.1. The zero-order valence-electron chi connectivity index (χ0n) is 18.4. The summed E-state index contributed by atoms with van der Waals surface area (Å²) < 4.78 is 27.2. The van der Waals surface area contributed by atoms with E-state index in [1.165, 1.54) is 24.5 Å². The van der Waals surface area contributed by atoms with Crippen LogP contribution >= 0.6 is 0 Å². The van der Waals surface area contributed by atoms with Gasteiger partial charge in [-0.2, -0.15) is 0 Å². The number of aryl methyl sites for hydroxylation is 1. The third kappa shape index (κ3) is 5.10. The first-order valence-corrected chi connectivity index (χ1v) is 11.8. The van der Waals surface area contributed by atoms with Crippen molar-refractivity contribution in [2.45, 2.75) is 76.0 Å². The quantitative estimate of drug-likeness (QED) is 0.634. The standard InChI is InChI=1S/C22H31N3O5S/c1-15-5-7-16(8-6-15)31(29,30)25-12-11-23-20(27)17(25)13-19(26)24-18-9-10-22(4,28)14-21(18,2)3/h5-8,11-12,17-18,28H,9-10,13-14H2,1-4H3,(H,23,27)(H,24,26)/t17-,18?,22?/m1/s1. The van der Waals surface area contributed by atoms with E-state index in [-0.39, 0.29) is 22.8 Å². The second-order valence-electron chi connectivity index (χ2n) is 9.51. The van der Waals surface area contributed by atoms with E-state index in [4.69, 9.17) is 0 Å². The van der Waals surface area contributed by atoms with Gasteiger partial charge < -0.3 is 15.7 Å². The maximum absolute atomic E-state index is 13.1. The zero-order chi connectivity index (χ0) is 23.0. The van der Waals surface area contributed by atoms with Gasteiger partial charge in [0.05, 0.1) is 16.9 Å². The Morgan fingerprint density at radius 2 is 1.90 bits per heavy atom. The van der Waals surface area contributed by atoms with Crippen molar-refractivity contribution in [1.29, 1.82) is 0 Å². The molecule has 0 bridgehead atoms. The zero-order valence-corrected chi connectivity index (χ0v) is 19.2. The number of hydrogen-bond acceptors (Lipinski definition) is 5. The average Bonchev–Trinajstić information content (AvgIpc) is 2.65. The molecule has 2 amide bonds. The Bertz CT molecular complexity index is 983. The molecule has 0 saturated heterocycles. The normalized spacial score (nSPS) is 28.2.